The smallest absolute Gasteiger partial charge is 0.445 e. The van der Waals surface area contributed by atoms with E-state index in [2.05, 4.69) is 0 Å². The fraction of sp³-hybridized carbons (Fsp3) is 0.222. The molecule has 0 saturated carbocycles. The minimum absolute atomic E-state index is 0. The van der Waals surface area contributed by atoms with Crippen LogP contribution in [-0.4, -0.2) is 19.9 Å². The van der Waals surface area contributed by atoms with Crippen LogP contribution in [-0.2, 0) is 11.2 Å². The van der Waals surface area contributed by atoms with Crippen LogP contribution < -0.4 is 61.7 Å². The minimum atomic E-state index is -5.04. The van der Waals surface area contributed by atoms with Gasteiger partial charge in [0.15, 0.2) is 0 Å². The molecule has 1 heterocycles. The van der Waals surface area contributed by atoms with Crippen LogP contribution in [0.2, 0.25) is 0 Å². The summed E-state index contributed by atoms with van der Waals surface area (Å²) in [5.41, 5.74) is -0.167. The molecule has 1 amide bonds. The number of anilines is 1. The molecule has 0 aliphatic carbocycles. The second-order valence-electron chi connectivity index (χ2n) is 3.55. The van der Waals surface area contributed by atoms with E-state index in [0.29, 0.717) is 5.69 Å². The maximum Gasteiger partial charge on any atom is 1.00 e. The van der Waals surface area contributed by atoms with Crippen molar-refractivity contribution >= 4 is 24.0 Å². The van der Waals surface area contributed by atoms with Crippen LogP contribution in [0.15, 0.2) is 18.2 Å². The molecule has 0 fully saturated rings. The van der Waals surface area contributed by atoms with Gasteiger partial charge < -0.3 is 17.8 Å². The molecule has 2 nitrogen and oxygen atoms in total. The fourth-order valence-electron chi connectivity index (χ4n) is 1.81. The number of carbonyl (C=O) groups is 1. The first-order valence-electron chi connectivity index (χ1n) is 4.49. The van der Waals surface area contributed by atoms with E-state index in [1.165, 1.54) is 24.1 Å². The third-order valence-corrected chi connectivity index (χ3v) is 2.60. The molecule has 80 valence electrons. The van der Waals surface area contributed by atoms with Gasteiger partial charge in [0.25, 0.3) is 0 Å². The average molecular weight is 253 g/mol. The molecular formula is C9H8BF3KNO. The predicted molar refractivity (Wildman–Crippen MR) is 52.3 cm³/mol. The molecule has 1 aliphatic heterocycles. The number of benzene rings is 1. The molecule has 1 aromatic carbocycles. The van der Waals surface area contributed by atoms with E-state index in [-0.39, 0.29) is 69.3 Å². The monoisotopic (exact) mass is 253 g/mol. The van der Waals surface area contributed by atoms with Crippen LogP contribution in [0.25, 0.3) is 0 Å². The topological polar surface area (TPSA) is 20.3 Å². The van der Waals surface area contributed by atoms with Crippen LogP contribution in [0.1, 0.15) is 5.56 Å². The number of fused-ring (bicyclic) bond motifs is 1. The van der Waals surface area contributed by atoms with E-state index in [9.17, 15) is 17.7 Å². The second-order valence-corrected chi connectivity index (χ2v) is 3.55. The number of halogens is 3. The Balaban J connectivity index is 0.00000128. The quantitative estimate of drug-likeness (QED) is 0.544. The van der Waals surface area contributed by atoms with Crippen molar-refractivity contribution in [3.63, 3.8) is 0 Å². The Labute approximate surface area is 134 Å². The molecule has 0 spiro atoms. The van der Waals surface area contributed by atoms with Gasteiger partial charge in [0.2, 0.25) is 5.91 Å². The Hall–Kier alpha value is 0.181. The first-order valence-corrected chi connectivity index (χ1v) is 4.49. The number of carbonyl (C=O) groups excluding carboxylic acids is 1. The number of likely N-dealkylation sites (N-methyl/N-ethyl adjacent to an activating group) is 1. The number of hydrogen-bond acceptors (Lipinski definition) is 1. The summed E-state index contributed by atoms with van der Waals surface area (Å²) in [5, 5.41) is 0. The standard InChI is InChI=1S/C9H8BF3NO.K/c1-14-8-4-2-3-7(10(11,12)13)6(8)5-9(14)15;/h2-4H,5H2,1H3;/q-1;+1. The van der Waals surface area contributed by atoms with Gasteiger partial charge in [-0.05, 0) is 11.6 Å². The molecule has 1 aliphatic rings. The average Bonchev–Trinajstić information content (AvgIpc) is 2.41. The van der Waals surface area contributed by atoms with Crippen molar-refractivity contribution in [1.82, 2.24) is 0 Å². The SMILES string of the molecule is CN1C(=O)Cc2c1cccc2[B-](F)(F)F.[K+]. The number of hydrogen-bond donors (Lipinski definition) is 0. The van der Waals surface area contributed by atoms with Gasteiger partial charge in [-0.25, -0.2) is 0 Å². The molecule has 0 bridgehead atoms. The summed E-state index contributed by atoms with van der Waals surface area (Å²) >= 11 is 0. The molecule has 1 aromatic rings. The van der Waals surface area contributed by atoms with Gasteiger partial charge in [0.05, 0.1) is 6.42 Å². The Morgan fingerprint density at radius 3 is 2.50 bits per heavy atom. The Kier molecular flexibility index (Phi) is 4.29. The maximum atomic E-state index is 12.6. The number of amides is 1. The third kappa shape index (κ3) is 2.38. The van der Waals surface area contributed by atoms with E-state index >= 15 is 0 Å². The summed E-state index contributed by atoms with van der Waals surface area (Å²) in [6.07, 6.45) is -0.150. The first-order chi connectivity index (χ1) is 6.91. The molecule has 0 saturated heterocycles. The summed E-state index contributed by atoms with van der Waals surface area (Å²) in [6, 6.07) is 3.90. The molecule has 0 atom stereocenters. The largest absolute Gasteiger partial charge is 1.00 e. The summed E-state index contributed by atoms with van der Waals surface area (Å²) < 4.78 is 37.9. The normalized spacial score (nSPS) is 14.8. The van der Waals surface area contributed by atoms with E-state index in [0.717, 1.165) is 6.07 Å². The summed E-state index contributed by atoms with van der Waals surface area (Å²) in [4.78, 5) is 12.5. The Morgan fingerprint density at radius 1 is 1.31 bits per heavy atom. The van der Waals surface area contributed by atoms with Crippen LogP contribution in [0.4, 0.5) is 18.6 Å². The minimum Gasteiger partial charge on any atom is -0.445 e. The summed E-state index contributed by atoms with van der Waals surface area (Å²) in [6.45, 7) is -5.04. The summed E-state index contributed by atoms with van der Waals surface area (Å²) in [5.74, 6) is -0.294. The van der Waals surface area contributed by atoms with Crippen LogP contribution in [0, 0.1) is 0 Å². The van der Waals surface area contributed by atoms with Crippen molar-refractivity contribution in [1.29, 1.82) is 0 Å². The number of nitrogens with zero attached hydrogens (tertiary/aromatic N) is 1. The number of rotatable bonds is 1. The van der Waals surface area contributed by atoms with Crippen LogP contribution in [0.3, 0.4) is 0 Å². The fourth-order valence-corrected chi connectivity index (χ4v) is 1.81. The molecule has 2 rings (SSSR count). The zero-order chi connectivity index (χ0) is 11.2. The molecule has 7 heteroatoms. The van der Waals surface area contributed by atoms with Gasteiger partial charge in [-0.15, -0.1) is 5.46 Å². The van der Waals surface area contributed by atoms with E-state index in [1.807, 2.05) is 0 Å². The van der Waals surface area contributed by atoms with Gasteiger partial charge in [-0.1, -0.05) is 12.1 Å². The summed E-state index contributed by atoms with van der Waals surface area (Å²) in [7, 11) is 1.49. The molecule has 0 aromatic heterocycles. The molecular weight excluding hydrogens is 245 g/mol. The second kappa shape index (κ2) is 4.81. The van der Waals surface area contributed by atoms with Gasteiger partial charge >= 0.3 is 58.4 Å². The zero-order valence-corrected chi connectivity index (χ0v) is 12.1. The van der Waals surface area contributed by atoms with Crippen molar-refractivity contribution in [3.8, 4) is 0 Å². The van der Waals surface area contributed by atoms with Crippen molar-refractivity contribution in [3.05, 3.63) is 23.8 Å². The van der Waals surface area contributed by atoms with E-state index in [1.54, 1.807) is 0 Å². The van der Waals surface area contributed by atoms with Gasteiger partial charge in [0.1, 0.15) is 0 Å². The van der Waals surface area contributed by atoms with Crippen LogP contribution in [0.5, 0.6) is 0 Å². The Bertz CT molecular complexity index is 435. The maximum absolute atomic E-state index is 12.6. The van der Waals surface area contributed by atoms with Crippen molar-refractivity contribution < 1.29 is 69.1 Å². The van der Waals surface area contributed by atoms with Crippen molar-refractivity contribution in [2.45, 2.75) is 6.42 Å². The molecule has 0 radical (unpaired) electrons. The molecule has 0 N–H and O–H groups in total. The van der Waals surface area contributed by atoms with Crippen LogP contribution >= 0.6 is 0 Å². The predicted octanol–water partition coefficient (Wildman–Crippen LogP) is -1.74. The Morgan fingerprint density at radius 2 is 1.94 bits per heavy atom. The van der Waals surface area contributed by atoms with Crippen molar-refractivity contribution in [2.75, 3.05) is 11.9 Å². The molecule has 0 unspecified atom stereocenters. The van der Waals surface area contributed by atoms with Gasteiger partial charge in [-0.2, -0.15) is 0 Å². The van der Waals surface area contributed by atoms with E-state index < -0.39 is 12.4 Å². The molecule has 16 heavy (non-hydrogen) atoms. The van der Waals surface area contributed by atoms with Crippen molar-refractivity contribution in [2.24, 2.45) is 0 Å². The van der Waals surface area contributed by atoms with E-state index in [4.69, 9.17) is 0 Å². The van der Waals surface area contributed by atoms with Gasteiger partial charge in [0, 0.05) is 12.7 Å². The zero-order valence-electron chi connectivity index (χ0n) is 9.01. The third-order valence-electron chi connectivity index (χ3n) is 2.60. The first kappa shape index (κ1) is 14.2. The van der Waals surface area contributed by atoms with Gasteiger partial charge in [-0.3, -0.25) is 4.79 Å².